The van der Waals surface area contributed by atoms with E-state index in [9.17, 15) is 4.79 Å². The van der Waals surface area contributed by atoms with E-state index >= 15 is 0 Å². The molecule has 140 valence electrons. The number of hydrogen-bond donors (Lipinski definition) is 1. The Morgan fingerprint density at radius 2 is 1.73 bits per heavy atom. The van der Waals surface area contributed by atoms with E-state index in [0.717, 1.165) is 37.4 Å². The molecule has 2 aromatic rings. The van der Waals surface area contributed by atoms with Crippen LogP contribution in [0.15, 0.2) is 48.5 Å². The Morgan fingerprint density at radius 3 is 2.46 bits per heavy atom. The molecule has 26 heavy (non-hydrogen) atoms. The smallest absolute Gasteiger partial charge is 0.251 e. The van der Waals surface area contributed by atoms with E-state index < -0.39 is 0 Å². The van der Waals surface area contributed by atoms with Gasteiger partial charge in [0, 0.05) is 18.7 Å². The van der Waals surface area contributed by atoms with Crippen molar-refractivity contribution in [2.75, 3.05) is 19.7 Å². The van der Waals surface area contributed by atoms with Crippen LogP contribution < -0.4 is 10.1 Å². The van der Waals surface area contributed by atoms with Gasteiger partial charge in [0.05, 0.1) is 6.61 Å². The fourth-order valence-corrected chi connectivity index (χ4v) is 2.77. The van der Waals surface area contributed by atoms with Crippen LogP contribution >= 0.6 is 0 Å². The standard InChI is InChI=1S/C22H30N2O2/c1-4-13-26-21-12-8-11-20(15-21)22(25)23-16-18-9-7-10-19(14-18)17-24(5-2)6-3/h7-12,14-15H,4-6,13,16-17H2,1-3H3,(H,23,25). The van der Waals surface area contributed by atoms with Crippen molar-refractivity contribution in [1.29, 1.82) is 0 Å². The van der Waals surface area contributed by atoms with Gasteiger partial charge in [-0.05, 0) is 48.8 Å². The van der Waals surface area contributed by atoms with Gasteiger partial charge in [0.1, 0.15) is 5.75 Å². The van der Waals surface area contributed by atoms with Crippen LogP contribution in [0.1, 0.15) is 48.7 Å². The van der Waals surface area contributed by atoms with Crippen molar-refractivity contribution in [3.63, 3.8) is 0 Å². The first kappa shape index (κ1) is 20.0. The molecule has 1 N–H and O–H groups in total. The summed E-state index contributed by atoms with van der Waals surface area (Å²) in [5.74, 6) is 0.654. The largest absolute Gasteiger partial charge is 0.494 e. The molecule has 0 atom stereocenters. The van der Waals surface area contributed by atoms with Crippen LogP contribution in [0.5, 0.6) is 5.75 Å². The summed E-state index contributed by atoms with van der Waals surface area (Å²) < 4.78 is 5.60. The monoisotopic (exact) mass is 354 g/mol. The molecule has 2 rings (SSSR count). The molecule has 0 bridgehead atoms. The molecule has 0 aliphatic heterocycles. The third-order valence-electron chi connectivity index (χ3n) is 4.31. The molecular formula is C22H30N2O2. The van der Waals surface area contributed by atoms with Crippen molar-refractivity contribution in [2.24, 2.45) is 0 Å². The van der Waals surface area contributed by atoms with Crippen molar-refractivity contribution in [3.8, 4) is 5.75 Å². The van der Waals surface area contributed by atoms with Crippen molar-refractivity contribution in [2.45, 2.75) is 40.3 Å². The maximum atomic E-state index is 12.4. The van der Waals surface area contributed by atoms with Gasteiger partial charge in [-0.25, -0.2) is 0 Å². The average Bonchev–Trinajstić information content (AvgIpc) is 2.69. The number of rotatable bonds is 10. The van der Waals surface area contributed by atoms with Gasteiger partial charge in [-0.15, -0.1) is 0 Å². The zero-order valence-electron chi connectivity index (χ0n) is 16.1. The highest BCUT2D eigenvalue weighted by Gasteiger charge is 2.07. The van der Waals surface area contributed by atoms with Gasteiger partial charge in [-0.2, -0.15) is 0 Å². The van der Waals surface area contributed by atoms with E-state index in [0.29, 0.717) is 18.7 Å². The van der Waals surface area contributed by atoms with Crippen LogP contribution in [0.2, 0.25) is 0 Å². The maximum Gasteiger partial charge on any atom is 0.251 e. The Balaban J connectivity index is 1.95. The highest BCUT2D eigenvalue weighted by Crippen LogP contribution is 2.14. The minimum absolute atomic E-state index is 0.0823. The number of ether oxygens (including phenoxy) is 1. The van der Waals surface area contributed by atoms with Crippen molar-refractivity contribution >= 4 is 5.91 Å². The minimum atomic E-state index is -0.0823. The molecule has 2 aromatic carbocycles. The Kier molecular flexibility index (Phi) is 8.16. The third-order valence-corrected chi connectivity index (χ3v) is 4.31. The zero-order chi connectivity index (χ0) is 18.8. The first-order chi connectivity index (χ1) is 12.7. The van der Waals surface area contributed by atoms with Gasteiger partial charge in [-0.3, -0.25) is 9.69 Å². The molecule has 0 saturated heterocycles. The van der Waals surface area contributed by atoms with Crippen LogP contribution in [-0.2, 0) is 13.1 Å². The second kappa shape index (κ2) is 10.6. The molecule has 0 aliphatic carbocycles. The van der Waals surface area contributed by atoms with Crippen molar-refractivity contribution in [1.82, 2.24) is 10.2 Å². The number of carbonyl (C=O) groups excluding carboxylic acids is 1. The van der Waals surface area contributed by atoms with E-state index in [4.69, 9.17) is 4.74 Å². The molecule has 0 unspecified atom stereocenters. The lowest BCUT2D eigenvalue weighted by Gasteiger charge is -2.18. The van der Waals surface area contributed by atoms with E-state index in [2.05, 4.69) is 49.2 Å². The predicted molar refractivity (Wildman–Crippen MR) is 106 cm³/mol. The fourth-order valence-electron chi connectivity index (χ4n) is 2.77. The summed E-state index contributed by atoms with van der Waals surface area (Å²) in [5, 5.41) is 3.00. The first-order valence-corrected chi connectivity index (χ1v) is 9.47. The predicted octanol–water partition coefficient (Wildman–Crippen LogP) is 4.25. The fraction of sp³-hybridized carbons (Fsp3) is 0.409. The molecule has 0 radical (unpaired) electrons. The van der Waals surface area contributed by atoms with Gasteiger partial charge in [0.25, 0.3) is 5.91 Å². The summed E-state index contributed by atoms with van der Waals surface area (Å²) in [5.41, 5.74) is 3.01. The zero-order valence-corrected chi connectivity index (χ0v) is 16.1. The summed E-state index contributed by atoms with van der Waals surface area (Å²) in [6, 6.07) is 15.7. The number of nitrogens with zero attached hydrogens (tertiary/aromatic N) is 1. The van der Waals surface area contributed by atoms with E-state index in [1.165, 1.54) is 5.56 Å². The molecule has 0 heterocycles. The Hall–Kier alpha value is -2.33. The molecule has 0 aliphatic rings. The first-order valence-electron chi connectivity index (χ1n) is 9.47. The summed E-state index contributed by atoms with van der Waals surface area (Å²) in [4.78, 5) is 14.8. The Morgan fingerprint density at radius 1 is 1.00 bits per heavy atom. The summed E-state index contributed by atoms with van der Waals surface area (Å²) >= 11 is 0. The van der Waals surface area contributed by atoms with Gasteiger partial charge in [-0.1, -0.05) is 51.1 Å². The van der Waals surface area contributed by atoms with Crippen LogP contribution in [-0.4, -0.2) is 30.5 Å². The topological polar surface area (TPSA) is 41.6 Å². The number of amides is 1. The number of carbonyl (C=O) groups is 1. The lowest BCUT2D eigenvalue weighted by atomic mass is 10.1. The SMILES string of the molecule is CCCOc1cccc(C(=O)NCc2cccc(CN(CC)CC)c2)c1. The molecule has 4 heteroatoms. The Labute approximate surface area is 157 Å². The molecule has 4 nitrogen and oxygen atoms in total. The normalized spacial score (nSPS) is 10.8. The molecule has 0 aromatic heterocycles. The van der Waals surface area contributed by atoms with Crippen LogP contribution in [0, 0.1) is 0 Å². The van der Waals surface area contributed by atoms with Gasteiger partial charge >= 0.3 is 0 Å². The quantitative estimate of drug-likeness (QED) is 0.693. The minimum Gasteiger partial charge on any atom is -0.494 e. The van der Waals surface area contributed by atoms with Crippen LogP contribution in [0.4, 0.5) is 0 Å². The summed E-state index contributed by atoms with van der Waals surface area (Å²) in [6.07, 6.45) is 0.945. The second-order valence-electron chi connectivity index (χ2n) is 6.34. The summed E-state index contributed by atoms with van der Waals surface area (Å²) in [7, 11) is 0. The average molecular weight is 354 g/mol. The van der Waals surface area contributed by atoms with E-state index in [1.807, 2.05) is 24.3 Å². The number of hydrogen-bond acceptors (Lipinski definition) is 3. The van der Waals surface area contributed by atoms with E-state index in [1.54, 1.807) is 6.07 Å². The van der Waals surface area contributed by atoms with Crippen LogP contribution in [0.25, 0.3) is 0 Å². The van der Waals surface area contributed by atoms with E-state index in [-0.39, 0.29) is 5.91 Å². The van der Waals surface area contributed by atoms with Gasteiger partial charge in [0.2, 0.25) is 0 Å². The van der Waals surface area contributed by atoms with Crippen molar-refractivity contribution < 1.29 is 9.53 Å². The lowest BCUT2D eigenvalue weighted by Crippen LogP contribution is -2.24. The Bertz CT molecular complexity index is 696. The molecular weight excluding hydrogens is 324 g/mol. The highest BCUT2D eigenvalue weighted by molar-refractivity contribution is 5.94. The van der Waals surface area contributed by atoms with Gasteiger partial charge in [0.15, 0.2) is 0 Å². The van der Waals surface area contributed by atoms with Gasteiger partial charge < -0.3 is 10.1 Å². The highest BCUT2D eigenvalue weighted by atomic mass is 16.5. The molecule has 0 spiro atoms. The third kappa shape index (κ3) is 6.19. The second-order valence-corrected chi connectivity index (χ2v) is 6.34. The van der Waals surface area contributed by atoms with Crippen molar-refractivity contribution in [3.05, 3.63) is 65.2 Å². The molecule has 0 fully saturated rings. The maximum absolute atomic E-state index is 12.4. The molecule has 0 saturated carbocycles. The summed E-state index contributed by atoms with van der Waals surface area (Å²) in [6.45, 7) is 10.6. The molecule has 1 amide bonds. The van der Waals surface area contributed by atoms with Crippen LogP contribution in [0.3, 0.4) is 0 Å². The number of nitrogens with one attached hydrogen (secondary N) is 1. The lowest BCUT2D eigenvalue weighted by molar-refractivity contribution is 0.0950. The number of benzene rings is 2.